The number of thioether (sulfide) groups is 1. The van der Waals surface area contributed by atoms with Crippen molar-refractivity contribution in [3.8, 4) is 5.75 Å². The van der Waals surface area contributed by atoms with E-state index >= 15 is 0 Å². The van der Waals surface area contributed by atoms with Crippen LogP contribution >= 0.6 is 23.1 Å². The highest BCUT2D eigenvalue weighted by Crippen LogP contribution is 2.36. The number of nitrogens with zero attached hydrogens (tertiary/aromatic N) is 1. The summed E-state index contributed by atoms with van der Waals surface area (Å²) in [4.78, 5) is 15.7. The zero-order chi connectivity index (χ0) is 16.1. The summed E-state index contributed by atoms with van der Waals surface area (Å²) in [5.41, 5.74) is 1.19. The molecule has 1 atom stereocenters. The Bertz CT molecular complexity index is 625. The van der Waals surface area contributed by atoms with E-state index in [-0.39, 0.29) is 12.5 Å². The molecule has 0 radical (unpaired) electrons. The van der Waals surface area contributed by atoms with Crippen LogP contribution in [0.5, 0.6) is 5.75 Å². The molecule has 5 heteroatoms. The van der Waals surface area contributed by atoms with Crippen molar-refractivity contribution in [1.29, 1.82) is 0 Å². The minimum atomic E-state index is 0.0815. The third-order valence-electron chi connectivity index (χ3n) is 3.94. The molecule has 0 aliphatic carbocycles. The van der Waals surface area contributed by atoms with Gasteiger partial charge in [0.1, 0.15) is 5.75 Å². The Hall–Kier alpha value is -1.46. The quantitative estimate of drug-likeness (QED) is 0.832. The average molecular weight is 348 g/mol. The first kappa shape index (κ1) is 16.4. The zero-order valence-corrected chi connectivity index (χ0v) is 14.9. The standard InChI is InChI=1S/C18H21NO2S2/c1-14-4-6-15(7-5-14)21-13-18(20)19-9-8-17(23-12-10-19)16-3-2-11-22-16/h2-7,11,17H,8-10,12-13H2,1H3. The van der Waals surface area contributed by atoms with Crippen molar-refractivity contribution in [3.63, 3.8) is 0 Å². The molecule has 2 aromatic rings. The maximum atomic E-state index is 12.4. The lowest BCUT2D eigenvalue weighted by molar-refractivity contribution is -0.133. The maximum absolute atomic E-state index is 12.4. The summed E-state index contributed by atoms with van der Waals surface area (Å²) in [5, 5.41) is 2.64. The number of amides is 1. The van der Waals surface area contributed by atoms with Gasteiger partial charge in [-0.2, -0.15) is 11.8 Å². The Morgan fingerprint density at radius 3 is 2.83 bits per heavy atom. The summed E-state index contributed by atoms with van der Waals surface area (Å²) in [6.45, 7) is 3.78. The van der Waals surface area contributed by atoms with Crippen LogP contribution in [0.4, 0.5) is 0 Å². The van der Waals surface area contributed by atoms with Crippen LogP contribution in [-0.4, -0.2) is 36.3 Å². The fourth-order valence-electron chi connectivity index (χ4n) is 2.59. The maximum Gasteiger partial charge on any atom is 0.260 e. The highest BCUT2D eigenvalue weighted by Gasteiger charge is 2.22. The number of carbonyl (C=O) groups excluding carboxylic acids is 1. The molecular formula is C18H21NO2S2. The van der Waals surface area contributed by atoms with E-state index < -0.39 is 0 Å². The van der Waals surface area contributed by atoms with E-state index in [2.05, 4.69) is 17.5 Å². The second-order valence-electron chi connectivity index (χ2n) is 5.65. The second-order valence-corrected chi connectivity index (χ2v) is 7.94. The minimum Gasteiger partial charge on any atom is -0.484 e. The largest absolute Gasteiger partial charge is 0.484 e. The summed E-state index contributed by atoms with van der Waals surface area (Å²) >= 11 is 3.76. The van der Waals surface area contributed by atoms with Gasteiger partial charge >= 0.3 is 0 Å². The molecule has 1 saturated heterocycles. The van der Waals surface area contributed by atoms with Gasteiger partial charge < -0.3 is 9.64 Å². The third kappa shape index (κ3) is 4.52. The molecule has 1 unspecified atom stereocenters. The van der Waals surface area contributed by atoms with Crippen LogP contribution in [0.25, 0.3) is 0 Å². The number of rotatable bonds is 4. The molecular weight excluding hydrogens is 326 g/mol. The van der Waals surface area contributed by atoms with Gasteiger partial charge in [-0.05, 0) is 36.9 Å². The molecule has 3 nitrogen and oxygen atoms in total. The van der Waals surface area contributed by atoms with Gasteiger partial charge in [0.25, 0.3) is 5.91 Å². The zero-order valence-electron chi connectivity index (χ0n) is 13.2. The number of hydrogen-bond donors (Lipinski definition) is 0. The van der Waals surface area contributed by atoms with Gasteiger partial charge in [-0.3, -0.25) is 4.79 Å². The van der Waals surface area contributed by atoms with Crippen LogP contribution in [0.3, 0.4) is 0 Å². The van der Waals surface area contributed by atoms with E-state index in [1.54, 1.807) is 0 Å². The molecule has 2 heterocycles. The fourth-order valence-corrected chi connectivity index (χ4v) is 4.83. The third-order valence-corrected chi connectivity index (χ3v) is 6.38. The number of carbonyl (C=O) groups is 1. The van der Waals surface area contributed by atoms with Crippen LogP contribution in [-0.2, 0) is 4.79 Å². The van der Waals surface area contributed by atoms with E-state index in [9.17, 15) is 4.79 Å². The lowest BCUT2D eigenvalue weighted by atomic mass is 10.2. The Morgan fingerprint density at radius 1 is 1.26 bits per heavy atom. The number of benzene rings is 1. The molecule has 3 rings (SSSR count). The lowest BCUT2D eigenvalue weighted by Crippen LogP contribution is -2.36. The van der Waals surface area contributed by atoms with Gasteiger partial charge in [0.2, 0.25) is 0 Å². The predicted molar refractivity (Wildman–Crippen MR) is 97.4 cm³/mol. The molecule has 0 bridgehead atoms. The number of hydrogen-bond acceptors (Lipinski definition) is 4. The number of aryl methyl sites for hydroxylation is 1. The van der Waals surface area contributed by atoms with Crippen LogP contribution in [0.1, 0.15) is 22.1 Å². The molecule has 1 fully saturated rings. The number of thiophene rings is 1. The van der Waals surface area contributed by atoms with Crippen molar-refractivity contribution in [2.75, 3.05) is 25.4 Å². The highest BCUT2D eigenvalue weighted by molar-refractivity contribution is 7.99. The van der Waals surface area contributed by atoms with E-state index in [1.165, 1.54) is 10.4 Å². The summed E-state index contributed by atoms with van der Waals surface area (Å²) in [6, 6.07) is 12.1. The van der Waals surface area contributed by atoms with Gasteiger partial charge in [-0.25, -0.2) is 0 Å². The summed E-state index contributed by atoms with van der Waals surface area (Å²) in [6.07, 6.45) is 1.02. The lowest BCUT2D eigenvalue weighted by Gasteiger charge is -2.20. The van der Waals surface area contributed by atoms with E-state index in [1.807, 2.05) is 59.2 Å². The Morgan fingerprint density at radius 2 is 2.09 bits per heavy atom. The Kier molecular flexibility index (Phi) is 5.62. The predicted octanol–water partition coefficient (Wildman–Crippen LogP) is 4.14. The van der Waals surface area contributed by atoms with Crippen LogP contribution < -0.4 is 4.74 Å². The van der Waals surface area contributed by atoms with Crippen LogP contribution in [0, 0.1) is 6.92 Å². The first-order valence-electron chi connectivity index (χ1n) is 7.84. The van der Waals surface area contributed by atoms with Gasteiger partial charge in [0, 0.05) is 29.0 Å². The Balaban J connectivity index is 1.50. The first-order valence-corrected chi connectivity index (χ1v) is 9.77. The van der Waals surface area contributed by atoms with Crippen molar-refractivity contribution < 1.29 is 9.53 Å². The molecule has 0 saturated carbocycles. The molecule has 0 N–H and O–H groups in total. The summed E-state index contributed by atoms with van der Waals surface area (Å²) in [7, 11) is 0. The molecule has 23 heavy (non-hydrogen) atoms. The topological polar surface area (TPSA) is 29.5 Å². The van der Waals surface area contributed by atoms with Crippen molar-refractivity contribution in [1.82, 2.24) is 4.90 Å². The van der Waals surface area contributed by atoms with Crippen molar-refractivity contribution in [2.45, 2.75) is 18.6 Å². The summed E-state index contributed by atoms with van der Waals surface area (Å²) in [5.74, 6) is 1.82. The molecule has 1 aliphatic heterocycles. The molecule has 122 valence electrons. The van der Waals surface area contributed by atoms with E-state index in [0.717, 1.165) is 31.0 Å². The van der Waals surface area contributed by atoms with Crippen molar-refractivity contribution in [2.24, 2.45) is 0 Å². The van der Waals surface area contributed by atoms with Gasteiger partial charge in [-0.15, -0.1) is 11.3 Å². The molecule has 1 aliphatic rings. The smallest absolute Gasteiger partial charge is 0.260 e. The van der Waals surface area contributed by atoms with Crippen molar-refractivity contribution >= 4 is 29.0 Å². The monoisotopic (exact) mass is 347 g/mol. The second kappa shape index (κ2) is 7.88. The fraction of sp³-hybridized carbons (Fsp3) is 0.389. The SMILES string of the molecule is Cc1ccc(OCC(=O)N2CCSC(c3cccs3)CC2)cc1. The van der Waals surface area contributed by atoms with E-state index in [4.69, 9.17) is 4.74 Å². The molecule has 0 spiro atoms. The molecule has 1 aromatic carbocycles. The van der Waals surface area contributed by atoms with Gasteiger partial charge in [-0.1, -0.05) is 23.8 Å². The summed E-state index contributed by atoms with van der Waals surface area (Å²) < 4.78 is 5.62. The average Bonchev–Trinajstić information content (AvgIpc) is 2.98. The van der Waals surface area contributed by atoms with Crippen molar-refractivity contribution in [3.05, 3.63) is 52.2 Å². The van der Waals surface area contributed by atoms with E-state index in [0.29, 0.717) is 5.25 Å². The van der Waals surface area contributed by atoms with Crippen LogP contribution in [0.15, 0.2) is 41.8 Å². The molecule has 1 amide bonds. The highest BCUT2D eigenvalue weighted by atomic mass is 32.2. The van der Waals surface area contributed by atoms with Gasteiger partial charge in [0.05, 0.1) is 0 Å². The van der Waals surface area contributed by atoms with Crippen LogP contribution in [0.2, 0.25) is 0 Å². The normalized spacial score (nSPS) is 18.5. The minimum absolute atomic E-state index is 0.0815. The first-order chi connectivity index (χ1) is 11.2. The molecule has 1 aromatic heterocycles. The Labute approximate surface area is 145 Å². The number of ether oxygens (including phenoxy) is 1. The van der Waals surface area contributed by atoms with Gasteiger partial charge in [0.15, 0.2) is 6.61 Å².